The number of hydrogen-bond acceptors (Lipinski definition) is 6. The smallest absolute Gasteiger partial charge is 0.233 e. The number of hydrogen-bond donors (Lipinski definition) is 1. The van der Waals surface area contributed by atoms with Crippen molar-refractivity contribution in [2.24, 2.45) is 5.92 Å². The van der Waals surface area contributed by atoms with Crippen LogP contribution in [0.3, 0.4) is 0 Å². The first kappa shape index (κ1) is 16.9. The summed E-state index contributed by atoms with van der Waals surface area (Å²) < 4.78 is 0. The van der Waals surface area contributed by atoms with Crippen LogP contribution in [0.4, 0.5) is 0 Å². The molecule has 2 aromatic heterocycles. The second-order valence-corrected chi connectivity index (χ2v) is 6.68. The van der Waals surface area contributed by atoms with E-state index in [4.69, 9.17) is 0 Å². The number of pyridine rings is 1. The van der Waals surface area contributed by atoms with E-state index in [0.29, 0.717) is 29.7 Å². The topological polar surface area (TPSA) is 79.2 Å². The maximum absolute atomic E-state index is 12.3. The molecule has 126 valence electrons. The average molecular weight is 344 g/mol. The molecule has 3 heterocycles. The minimum Gasteiger partial charge on any atom is -0.387 e. The fourth-order valence-corrected chi connectivity index (χ4v) is 3.54. The molecular formula is C17H20N4O2S. The van der Waals surface area contributed by atoms with Gasteiger partial charge in [-0.1, -0.05) is 17.8 Å². The molecule has 2 aromatic rings. The van der Waals surface area contributed by atoms with E-state index in [0.717, 1.165) is 12.8 Å². The van der Waals surface area contributed by atoms with Crippen molar-refractivity contribution in [3.63, 3.8) is 0 Å². The van der Waals surface area contributed by atoms with Gasteiger partial charge in [0.05, 0.1) is 17.6 Å². The van der Waals surface area contributed by atoms with Gasteiger partial charge in [-0.3, -0.25) is 9.78 Å². The van der Waals surface area contributed by atoms with Crippen molar-refractivity contribution in [3.8, 4) is 0 Å². The lowest BCUT2D eigenvalue weighted by Crippen LogP contribution is -2.40. The third-order valence-electron chi connectivity index (χ3n) is 4.20. The van der Waals surface area contributed by atoms with Crippen molar-refractivity contribution < 1.29 is 9.90 Å². The van der Waals surface area contributed by atoms with E-state index in [1.165, 1.54) is 11.8 Å². The molecule has 0 saturated carbocycles. The lowest BCUT2D eigenvalue weighted by atomic mass is 9.89. The number of amides is 1. The van der Waals surface area contributed by atoms with Gasteiger partial charge in [0.2, 0.25) is 5.91 Å². The highest BCUT2D eigenvalue weighted by Crippen LogP contribution is 2.29. The molecule has 0 spiro atoms. The molecule has 7 heteroatoms. The lowest BCUT2D eigenvalue weighted by Gasteiger charge is -2.34. The second kappa shape index (κ2) is 8.21. The quantitative estimate of drug-likeness (QED) is 0.660. The molecule has 6 nitrogen and oxygen atoms in total. The highest BCUT2D eigenvalue weighted by atomic mass is 32.2. The Labute approximate surface area is 145 Å². The standard InChI is InChI=1S/C17H20N4O2S/c22-15(12-24-17-19-8-3-9-20-17)21-10-5-13(6-11-21)16(23)14-4-1-2-7-18-14/h1-4,7-9,13,16,23H,5-6,10-12H2/t16-/m1/s1. The van der Waals surface area contributed by atoms with Gasteiger partial charge in [-0.15, -0.1) is 0 Å². The van der Waals surface area contributed by atoms with Gasteiger partial charge in [0.15, 0.2) is 5.16 Å². The molecule has 1 aliphatic rings. The van der Waals surface area contributed by atoms with Crippen LogP contribution in [0.2, 0.25) is 0 Å². The van der Waals surface area contributed by atoms with E-state index in [1.807, 2.05) is 23.1 Å². The van der Waals surface area contributed by atoms with E-state index < -0.39 is 6.10 Å². The summed E-state index contributed by atoms with van der Waals surface area (Å²) in [6, 6.07) is 7.32. The van der Waals surface area contributed by atoms with Crippen LogP contribution in [0.5, 0.6) is 0 Å². The van der Waals surface area contributed by atoms with Gasteiger partial charge in [0.1, 0.15) is 0 Å². The van der Waals surface area contributed by atoms with Gasteiger partial charge in [0, 0.05) is 31.7 Å². The Morgan fingerprint density at radius 1 is 1.17 bits per heavy atom. The normalized spacial score (nSPS) is 16.8. The molecule has 24 heavy (non-hydrogen) atoms. The minimum absolute atomic E-state index is 0.0956. The molecule has 1 amide bonds. The number of carbonyl (C=O) groups excluding carboxylic acids is 1. The molecular weight excluding hydrogens is 324 g/mol. The van der Waals surface area contributed by atoms with E-state index in [-0.39, 0.29) is 11.8 Å². The average Bonchev–Trinajstić information content (AvgIpc) is 2.67. The van der Waals surface area contributed by atoms with Crippen LogP contribution in [0.1, 0.15) is 24.6 Å². The number of aromatic nitrogens is 3. The zero-order chi connectivity index (χ0) is 16.8. The van der Waals surface area contributed by atoms with Gasteiger partial charge in [-0.05, 0) is 37.0 Å². The number of nitrogens with zero attached hydrogens (tertiary/aromatic N) is 4. The molecule has 1 N–H and O–H groups in total. The fraction of sp³-hybridized carbons (Fsp3) is 0.412. The van der Waals surface area contributed by atoms with Crippen LogP contribution in [0, 0.1) is 5.92 Å². The zero-order valence-corrected chi connectivity index (χ0v) is 14.1. The van der Waals surface area contributed by atoms with Gasteiger partial charge in [-0.2, -0.15) is 0 Å². The van der Waals surface area contributed by atoms with Crippen molar-refractivity contribution in [2.45, 2.75) is 24.1 Å². The summed E-state index contributed by atoms with van der Waals surface area (Å²) in [7, 11) is 0. The van der Waals surface area contributed by atoms with E-state index in [1.54, 1.807) is 24.7 Å². The summed E-state index contributed by atoms with van der Waals surface area (Å²) in [5, 5.41) is 11.1. The number of likely N-dealkylation sites (tertiary alicyclic amines) is 1. The van der Waals surface area contributed by atoms with Crippen molar-refractivity contribution in [1.29, 1.82) is 0 Å². The first-order valence-electron chi connectivity index (χ1n) is 8.00. The van der Waals surface area contributed by atoms with Crippen LogP contribution < -0.4 is 0 Å². The fourth-order valence-electron chi connectivity index (χ4n) is 2.83. The molecule has 0 unspecified atom stereocenters. The molecule has 0 radical (unpaired) electrons. The highest BCUT2D eigenvalue weighted by Gasteiger charge is 2.28. The summed E-state index contributed by atoms with van der Waals surface area (Å²) in [5.74, 6) is 0.588. The van der Waals surface area contributed by atoms with Crippen molar-refractivity contribution in [3.05, 3.63) is 48.5 Å². The van der Waals surface area contributed by atoms with E-state index >= 15 is 0 Å². The summed E-state index contributed by atoms with van der Waals surface area (Å²) in [6.07, 6.45) is 6.05. The summed E-state index contributed by atoms with van der Waals surface area (Å²) >= 11 is 1.35. The summed E-state index contributed by atoms with van der Waals surface area (Å²) in [5.41, 5.74) is 0.707. The maximum Gasteiger partial charge on any atom is 0.233 e. The number of carbonyl (C=O) groups is 1. The Kier molecular flexibility index (Phi) is 5.77. The van der Waals surface area contributed by atoms with Gasteiger partial charge < -0.3 is 10.0 Å². The Balaban J connectivity index is 1.47. The van der Waals surface area contributed by atoms with Gasteiger partial charge >= 0.3 is 0 Å². The minimum atomic E-state index is -0.560. The van der Waals surface area contributed by atoms with Crippen LogP contribution in [0.15, 0.2) is 48.0 Å². The maximum atomic E-state index is 12.3. The Bertz CT molecular complexity index is 648. The Morgan fingerprint density at radius 3 is 2.54 bits per heavy atom. The monoisotopic (exact) mass is 344 g/mol. The summed E-state index contributed by atoms with van der Waals surface area (Å²) in [4.78, 5) is 26.6. The SMILES string of the molecule is O=C(CSc1ncccn1)N1CCC([C@@H](O)c2ccccn2)CC1. The molecule has 3 rings (SSSR count). The predicted molar refractivity (Wildman–Crippen MR) is 91.3 cm³/mol. The molecule has 1 atom stereocenters. The van der Waals surface area contributed by atoms with Crippen molar-refractivity contribution in [1.82, 2.24) is 19.9 Å². The van der Waals surface area contributed by atoms with Crippen molar-refractivity contribution >= 4 is 17.7 Å². The molecule has 1 saturated heterocycles. The Hall–Kier alpha value is -1.99. The van der Waals surface area contributed by atoms with Crippen molar-refractivity contribution in [2.75, 3.05) is 18.8 Å². The second-order valence-electron chi connectivity index (χ2n) is 5.74. The molecule has 0 bridgehead atoms. The predicted octanol–water partition coefficient (Wildman–Crippen LogP) is 1.94. The third-order valence-corrected chi connectivity index (χ3v) is 5.06. The molecule has 0 aromatic carbocycles. The first-order valence-corrected chi connectivity index (χ1v) is 8.99. The van der Waals surface area contributed by atoms with Gasteiger partial charge in [0.25, 0.3) is 0 Å². The van der Waals surface area contributed by atoms with E-state index in [9.17, 15) is 9.90 Å². The summed E-state index contributed by atoms with van der Waals surface area (Å²) in [6.45, 7) is 1.34. The molecule has 0 aliphatic carbocycles. The number of rotatable bonds is 5. The highest BCUT2D eigenvalue weighted by molar-refractivity contribution is 7.99. The number of thioether (sulfide) groups is 1. The van der Waals surface area contributed by atoms with Crippen LogP contribution in [0.25, 0.3) is 0 Å². The van der Waals surface area contributed by atoms with Gasteiger partial charge in [-0.25, -0.2) is 9.97 Å². The first-order chi connectivity index (χ1) is 11.7. The molecule has 1 aliphatic heterocycles. The number of piperidine rings is 1. The number of aliphatic hydroxyl groups excluding tert-OH is 1. The lowest BCUT2D eigenvalue weighted by molar-refractivity contribution is -0.130. The zero-order valence-electron chi connectivity index (χ0n) is 13.3. The molecule has 1 fully saturated rings. The Morgan fingerprint density at radius 2 is 1.88 bits per heavy atom. The number of aliphatic hydroxyl groups is 1. The van der Waals surface area contributed by atoms with E-state index in [2.05, 4.69) is 15.0 Å². The van der Waals surface area contributed by atoms with Crippen LogP contribution >= 0.6 is 11.8 Å². The van der Waals surface area contributed by atoms with Crippen LogP contribution in [-0.2, 0) is 4.79 Å². The van der Waals surface area contributed by atoms with Crippen LogP contribution in [-0.4, -0.2) is 49.7 Å². The third kappa shape index (κ3) is 4.30. The largest absolute Gasteiger partial charge is 0.387 e.